The lowest BCUT2D eigenvalue weighted by atomic mass is 10.2. The largest absolute Gasteiger partial charge is 0.481 e. The minimum atomic E-state index is -3.50. The van der Waals surface area contributed by atoms with Crippen molar-refractivity contribution in [2.24, 2.45) is 0 Å². The van der Waals surface area contributed by atoms with Crippen molar-refractivity contribution in [1.82, 2.24) is 4.98 Å². The molecule has 0 atom stereocenters. The van der Waals surface area contributed by atoms with E-state index in [1.54, 1.807) is 18.3 Å². The van der Waals surface area contributed by atoms with Gasteiger partial charge in [0.05, 0.1) is 12.0 Å². The average molecular weight is 343 g/mol. The van der Waals surface area contributed by atoms with Crippen LogP contribution in [0.25, 0.3) is 0 Å². The summed E-state index contributed by atoms with van der Waals surface area (Å²) in [4.78, 5) is 14.4. The molecule has 0 amide bonds. The number of rotatable bonds is 6. The smallest absolute Gasteiger partial charge is 0.304 e. The van der Waals surface area contributed by atoms with Crippen LogP contribution in [0.5, 0.6) is 5.88 Å². The number of nitro groups is 1. The molecule has 8 nitrogen and oxygen atoms in total. The predicted octanol–water partition coefficient (Wildman–Crippen LogP) is 2.08. The summed E-state index contributed by atoms with van der Waals surface area (Å²) in [6.07, 6.45) is 2.58. The lowest BCUT2D eigenvalue weighted by molar-refractivity contribution is -0.383. The Bertz CT molecular complexity index is 801. The van der Waals surface area contributed by atoms with Crippen LogP contribution in [0, 0.1) is 10.1 Å². The third kappa shape index (κ3) is 3.52. The highest BCUT2D eigenvalue weighted by molar-refractivity contribution is 7.92. The van der Waals surface area contributed by atoms with Gasteiger partial charge >= 0.3 is 5.69 Å². The number of methoxy groups -OCH3 is 1. The van der Waals surface area contributed by atoms with Crippen molar-refractivity contribution in [3.8, 4) is 5.88 Å². The first-order valence-electron chi connectivity index (χ1n) is 6.03. The maximum Gasteiger partial charge on any atom is 0.304 e. The summed E-state index contributed by atoms with van der Waals surface area (Å²) >= 11 is 0.826. The van der Waals surface area contributed by atoms with Gasteiger partial charge < -0.3 is 10.1 Å². The van der Waals surface area contributed by atoms with Crippen LogP contribution in [-0.2, 0) is 16.4 Å². The molecule has 1 N–H and O–H groups in total. The van der Waals surface area contributed by atoms with Crippen LogP contribution in [0.1, 0.15) is 5.56 Å². The fourth-order valence-corrected chi connectivity index (χ4v) is 3.66. The van der Waals surface area contributed by atoms with E-state index in [2.05, 4.69) is 10.3 Å². The zero-order valence-corrected chi connectivity index (χ0v) is 13.4. The number of thiophene rings is 1. The summed E-state index contributed by atoms with van der Waals surface area (Å²) in [5.41, 5.74) is 0.432. The van der Waals surface area contributed by atoms with Gasteiger partial charge in [-0.05, 0) is 6.07 Å². The minimum absolute atomic E-state index is 0.0557. The topological polar surface area (TPSA) is 111 Å². The van der Waals surface area contributed by atoms with Gasteiger partial charge in [-0.3, -0.25) is 10.1 Å². The van der Waals surface area contributed by atoms with Crippen molar-refractivity contribution in [1.29, 1.82) is 0 Å². The third-order valence-electron chi connectivity index (χ3n) is 2.73. The molecule has 0 aromatic carbocycles. The highest BCUT2D eigenvalue weighted by Crippen LogP contribution is 2.37. The average Bonchev–Trinajstić information content (AvgIpc) is 2.90. The standard InChI is InChI=1S/C12H13N3O5S2/c1-20-11-8(4-3-5-13-11)7-14-12-9(15(16)17)6-10(21-12)22(2,18)19/h3-6,14H,7H2,1-2H3. The van der Waals surface area contributed by atoms with E-state index in [4.69, 9.17) is 4.74 Å². The van der Waals surface area contributed by atoms with Crippen LogP contribution in [-0.4, -0.2) is 31.7 Å². The second kappa shape index (κ2) is 6.28. The van der Waals surface area contributed by atoms with E-state index in [1.165, 1.54) is 7.11 Å². The molecule has 0 radical (unpaired) electrons. The highest BCUT2D eigenvalue weighted by Gasteiger charge is 2.23. The molecule has 2 aromatic rings. The van der Waals surface area contributed by atoms with Gasteiger partial charge in [-0.1, -0.05) is 17.4 Å². The number of aromatic nitrogens is 1. The Labute approximate surface area is 130 Å². The van der Waals surface area contributed by atoms with E-state index in [0.717, 1.165) is 23.7 Å². The lowest BCUT2D eigenvalue weighted by Gasteiger charge is -2.07. The number of sulfone groups is 1. The maximum atomic E-state index is 11.5. The molecule has 118 valence electrons. The number of hydrogen-bond acceptors (Lipinski definition) is 8. The Morgan fingerprint density at radius 1 is 1.50 bits per heavy atom. The summed E-state index contributed by atoms with van der Waals surface area (Å²) in [5.74, 6) is 0.401. The molecule has 0 saturated carbocycles. The third-order valence-corrected chi connectivity index (χ3v) is 5.62. The molecule has 0 bridgehead atoms. The zero-order valence-electron chi connectivity index (χ0n) is 11.8. The summed E-state index contributed by atoms with van der Waals surface area (Å²) in [6.45, 7) is 0.224. The summed E-state index contributed by atoms with van der Waals surface area (Å²) in [7, 11) is -2.02. The number of ether oxygens (including phenoxy) is 1. The predicted molar refractivity (Wildman–Crippen MR) is 82.2 cm³/mol. The second-order valence-corrected chi connectivity index (χ2v) is 7.63. The van der Waals surface area contributed by atoms with Gasteiger partial charge in [-0.15, -0.1) is 0 Å². The molecule has 0 aliphatic heterocycles. The molecule has 0 aliphatic carbocycles. The number of pyridine rings is 1. The Morgan fingerprint density at radius 3 is 2.82 bits per heavy atom. The first-order valence-corrected chi connectivity index (χ1v) is 8.73. The van der Waals surface area contributed by atoms with Gasteiger partial charge in [0.2, 0.25) is 5.88 Å². The van der Waals surface area contributed by atoms with E-state index < -0.39 is 14.8 Å². The molecule has 2 rings (SSSR count). The van der Waals surface area contributed by atoms with E-state index in [1.807, 2.05) is 0 Å². The van der Waals surface area contributed by atoms with Crippen LogP contribution in [0.15, 0.2) is 28.6 Å². The van der Waals surface area contributed by atoms with Crippen LogP contribution < -0.4 is 10.1 Å². The van der Waals surface area contributed by atoms with Gasteiger partial charge in [0.25, 0.3) is 0 Å². The van der Waals surface area contributed by atoms with E-state index in [9.17, 15) is 18.5 Å². The first kappa shape index (κ1) is 16.2. The van der Waals surface area contributed by atoms with Crippen molar-refractivity contribution in [3.63, 3.8) is 0 Å². The molecule has 2 aromatic heterocycles. The van der Waals surface area contributed by atoms with Crippen LogP contribution >= 0.6 is 11.3 Å². The van der Waals surface area contributed by atoms with E-state index in [-0.39, 0.29) is 21.4 Å². The van der Waals surface area contributed by atoms with Gasteiger partial charge in [0, 0.05) is 30.6 Å². The Hall–Kier alpha value is -2.20. The number of hydrogen-bond donors (Lipinski definition) is 1. The molecule has 0 aliphatic rings. The van der Waals surface area contributed by atoms with Crippen LogP contribution in [0.3, 0.4) is 0 Å². The van der Waals surface area contributed by atoms with Crippen LogP contribution in [0.4, 0.5) is 10.7 Å². The Kier molecular flexibility index (Phi) is 4.62. The minimum Gasteiger partial charge on any atom is -0.481 e. The Balaban J connectivity index is 2.29. The lowest BCUT2D eigenvalue weighted by Crippen LogP contribution is -2.03. The van der Waals surface area contributed by atoms with Crippen molar-refractivity contribution in [2.75, 3.05) is 18.7 Å². The SMILES string of the molecule is COc1ncccc1CNc1sc(S(C)(=O)=O)cc1[N+](=O)[O-]. The summed E-state index contributed by atoms with van der Waals surface area (Å²) < 4.78 is 28.1. The molecule has 2 heterocycles. The molecular weight excluding hydrogens is 330 g/mol. The molecule has 10 heteroatoms. The van der Waals surface area contributed by atoms with Crippen molar-refractivity contribution in [2.45, 2.75) is 10.8 Å². The van der Waals surface area contributed by atoms with E-state index in [0.29, 0.717) is 11.4 Å². The normalized spacial score (nSPS) is 11.2. The molecule has 22 heavy (non-hydrogen) atoms. The maximum absolute atomic E-state index is 11.5. The second-order valence-electron chi connectivity index (χ2n) is 4.33. The molecular formula is C12H13N3O5S2. The quantitative estimate of drug-likeness (QED) is 0.631. The highest BCUT2D eigenvalue weighted by atomic mass is 32.2. The molecule has 0 fully saturated rings. The van der Waals surface area contributed by atoms with Crippen molar-refractivity contribution in [3.05, 3.63) is 40.1 Å². The first-order chi connectivity index (χ1) is 10.3. The zero-order chi connectivity index (χ0) is 16.3. The van der Waals surface area contributed by atoms with Gasteiger partial charge in [0.1, 0.15) is 4.21 Å². The monoisotopic (exact) mass is 343 g/mol. The molecule has 0 unspecified atom stereocenters. The van der Waals surface area contributed by atoms with Crippen LogP contribution in [0.2, 0.25) is 0 Å². The molecule has 0 spiro atoms. The van der Waals surface area contributed by atoms with Gasteiger partial charge in [-0.25, -0.2) is 13.4 Å². The van der Waals surface area contributed by atoms with Crippen molar-refractivity contribution < 1.29 is 18.1 Å². The van der Waals surface area contributed by atoms with Crippen molar-refractivity contribution >= 4 is 31.9 Å². The number of nitrogens with zero attached hydrogens (tertiary/aromatic N) is 2. The number of anilines is 1. The van der Waals surface area contributed by atoms with Gasteiger partial charge in [0.15, 0.2) is 14.8 Å². The van der Waals surface area contributed by atoms with Gasteiger partial charge in [-0.2, -0.15) is 0 Å². The summed E-state index contributed by atoms with van der Waals surface area (Å²) in [6, 6.07) is 4.53. The molecule has 0 saturated heterocycles. The summed E-state index contributed by atoms with van der Waals surface area (Å²) in [5, 5.41) is 14.1. The fraction of sp³-hybridized carbons (Fsp3) is 0.250. The fourth-order valence-electron chi connectivity index (χ4n) is 1.72. The Morgan fingerprint density at radius 2 is 2.23 bits per heavy atom. The van der Waals surface area contributed by atoms with E-state index >= 15 is 0 Å². The number of nitrogens with one attached hydrogen (secondary N) is 1.